The second-order valence-corrected chi connectivity index (χ2v) is 7.72. The number of piperidine rings is 1. The molecular weight excluding hydrogens is 372 g/mol. The van der Waals surface area contributed by atoms with Crippen molar-refractivity contribution >= 4 is 28.3 Å². The van der Waals surface area contributed by atoms with E-state index in [9.17, 15) is 4.79 Å². The molecule has 0 spiro atoms. The molecule has 0 bridgehead atoms. The Hall–Kier alpha value is -2.54. The Morgan fingerprint density at radius 2 is 2.00 bits per heavy atom. The van der Waals surface area contributed by atoms with Crippen LogP contribution in [0.5, 0.6) is 0 Å². The predicted octanol–water partition coefficient (Wildman–Crippen LogP) is 2.91. The lowest BCUT2D eigenvalue weighted by atomic mass is 10.1. The number of esters is 1. The van der Waals surface area contributed by atoms with Gasteiger partial charge in [-0.25, -0.2) is 4.79 Å². The van der Waals surface area contributed by atoms with Gasteiger partial charge in [0.25, 0.3) is 0 Å². The number of ether oxygens (including phenoxy) is 1. The van der Waals surface area contributed by atoms with Gasteiger partial charge in [0.15, 0.2) is 5.96 Å². The molecule has 0 amide bonds. The Bertz CT molecular complexity index is 766. The quantitative estimate of drug-likeness (QED) is 0.443. The van der Waals surface area contributed by atoms with Crippen LogP contribution in [0.15, 0.2) is 46.8 Å². The van der Waals surface area contributed by atoms with Crippen molar-refractivity contribution in [2.75, 3.05) is 38.7 Å². The van der Waals surface area contributed by atoms with Gasteiger partial charge in [-0.05, 0) is 54.5 Å². The zero-order valence-corrected chi connectivity index (χ0v) is 17.3. The highest BCUT2D eigenvalue weighted by molar-refractivity contribution is 7.14. The third-order valence-electron chi connectivity index (χ3n) is 4.96. The van der Waals surface area contributed by atoms with Crippen molar-refractivity contribution in [3.05, 3.63) is 52.9 Å². The Kier molecular flexibility index (Phi) is 7.31. The molecule has 2 N–H and O–H groups in total. The average Bonchev–Trinajstić information content (AvgIpc) is 3.28. The van der Waals surface area contributed by atoms with E-state index < -0.39 is 0 Å². The van der Waals surface area contributed by atoms with Crippen LogP contribution in [-0.4, -0.2) is 51.8 Å². The smallest absolute Gasteiger partial charge is 0.337 e. The highest BCUT2D eigenvalue weighted by Gasteiger charge is 2.20. The number of rotatable bonds is 6. The van der Waals surface area contributed by atoms with E-state index in [2.05, 4.69) is 38.0 Å². The van der Waals surface area contributed by atoms with Gasteiger partial charge in [0, 0.05) is 32.7 Å². The van der Waals surface area contributed by atoms with Gasteiger partial charge >= 0.3 is 5.97 Å². The number of nitrogens with zero attached hydrogens (tertiary/aromatic N) is 2. The first-order chi connectivity index (χ1) is 13.7. The number of carbonyl (C=O) groups is 1. The number of guanidine groups is 1. The number of hydrogen-bond donors (Lipinski definition) is 2. The van der Waals surface area contributed by atoms with Gasteiger partial charge in [0.2, 0.25) is 0 Å². The summed E-state index contributed by atoms with van der Waals surface area (Å²) in [6, 6.07) is 12.3. The molecule has 0 aliphatic carbocycles. The third-order valence-corrected chi connectivity index (χ3v) is 5.89. The number of aliphatic imine (C=N–C) groups is 1. The van der Waals surface area contributed by atoms with Gasteiger partial charge in [0.05, 0.1) is 17.7 Å². The summed E-state index contributed by atoms with van der Waals surface area (Å²) in [5.41, 5.74) is 1.74. The maximum atomic E-state index is 11.5. The maximum absolute atomic E-state index is 11.5. The van der Waals surface area contributed by atoms with Gasteiger partial charge in [-0.2, -0.15) is 0 Å². The van der Waals surface area contributed by atoms with E-state index >= 15 is 0 Å². The molecular formula is C21H28N4O2S. The van der Waals surface area contributed by atoms with Gasteiger partial charge in [-0.1, -0.05) is 12.1 Å². The standard InChI is InChI=1S/C21H28N4O2S/c1-22-21(23-12-9-16-5-7-17(8-6-16)20(26)27-2)24-18-10-13-25(14-11-18)19-4-3-15-28-19/h3-8,15,18H,9-14H2,1-2H3,(H2,22,23,24). The predicted molar refractivity (Wildman–Crippen MR) is 116 cm³/mol. The monoisotopic (exact) mass is 400 g/mol. The van der Waals surface area contributed by atoms with Gasteiger partial charge in [0.1, 0.15) is 0 Å². The van der Waals surface area contributed by atoms with E-state index in [0.717, 1.165) is 44.9 Å². The molecule has 2 heterocycles. The van der Waals surface area contributed by atoms with Crippen molar-refractivity contribution < 1.29 is 9.53 Å². The van der Waals surface area contributed by atoms with E-state index in [1.54, 1.807) is 30.5 Å². The summed E-state index contributed by atoms with van der Waals surface area (Å²) in [5.74, 6) is 0.542. The lowest BCUT2D eigenvalue weighted by molar-refractivity contribution is 0.0600. The summed E-state index contributed by atoms with van der Waals surface area (Å²) in [6.45, 7) is 2.93. The molecule has 28 heavy (non-hydrogen) atoms. The topological polar surface area (TPSA) is 66.0 Å². The normalized spacial score (nSPS) is 15.4. The molecule has 0 radical (unpaired) electrons. The molecule has 1 aliphatic heterocycles. The molecule has 1 aromatic heterocycles. The van der Waals surface area contributed by atoms with Crippen molar-refractivity contribution in [2.45, 2.75) is 25.3 Å². The highest BCUT2D eigenvalue weighted by Crippen LogP contribution is 2.24. The summed E-state index contributed by atoms with van der Waals surface area (Å²) < 4.78 is 4.73. The number of benzene rings is 1. The molecule has 1 aliphatic rings. The van der Waals surface area contributed by atoms with E-state index in [4.69, 9.17) is 4.74 Å². The van der Waals surface area contributed by atoms with Crippen LogP contribution in [0, 0.1) is 0 Å². The van der Waals surface area contributed by atoms with E-state index in [1.807, 2.05) is 12.1 Å². The zero-order valence-electron chi connectivity index (χ0n) is 16.5. The summed E-state index contributed by atoms with van der Waals surface area (Å²) in [6.07, 6.45) is 3.07. The molecule has 1 aromatic carbocycles. The van der Waals surface area contributed by atoms with Crippen LogP contribution in [-0.2, 0) is 11.2 Å². The fourth-order valence-electron chi connectivity index (χ4n) is 3.33. The van der Waals surface area contributed by atoms with Crippen LogP contribution >= 0.6 is 11.3 Å². The summed E-state index contributed by atoms with van der Waals surface area (Å²) in [5, 5.41) is 10.4. The lowest BCUT2D eigenvalue weighted by Crippen LogP contribution is -2.49. The first-order valence-electron chi connectivity index (χ1n) is 9.62. The number of nitrogens with one attached hydrogen (secondary N) is 2. The molecule has 0 saturated carbocycles. The Balaban J connectivity index is 1.40. The number of thiophene rings is 1. The molecule has 1 fully saturated rings. The molecule has 0 unspecified atom stereocenters. The van der Waals surface area contributed by atoms with Crippen molar-refractivity contribution in [3.8, 4) is 0 Å². The Labute approximate surface area is 170 Å². The van der Waals surface area contributed by atoms with E-state index in [1.165, 1.54) is 17.7 Å². The number of methoxy groups -OCH3 is 1. The molecule has 6 nitrogen and oxygen atoms in total. The minimum absolute atomic E-state index is 0.306. The van der Waals surface area contributed by atoms with Crippen LogP contribution in [0.1, 0.15) is 28.8 Å². The van der Waals surface area contributed by atoms with Crippen LogP contribution in [0.2, 0.25) is 0 Å². The molecule has 0 atom stereocenters. The van der Waals surface area contributed by atoms with Crippen molar-refractivity contribution in [3.63, 3.8) is 0 Å². The summed E-state index contributed by atoms with van der Waals surface area (Å²) >= 11 is 1.81. The van der Waals surface area contributed by atoms with Crippen molar-refractivity contribution in [1.29, 1.82) is 0 Å². The van der Waals surface area contributed by atoms with E-state index in [-0.39, 0.29) is 5.97 Å². The first kappa shape index (κ1) is 20.2. The summed E-state index contributed by atoms with van der Waals surface area (Å²) in [7, 11) is 3.20. The Morgan fingerprint density at radius 1 is 1.25 bits per heavy atom. The second kappa shape index (κ2) is 10.1. The summed E-state index contributed by atoms with van der Waals surface area (Å²) in [4.78, 5) is 18.3. The fraction of sp³-hybridized carbons (Fsp3) is 0.429. The minimum Gasteiger partial charge on any atom is -0.465 e. The Morgan fingerprint density at radius 3 is 2.61 bits per heavy atom. The van der Waals surface area contributed by atoms with Crippen LogP contribution in [0.25, 0.3) is 0 Å². The largest absolute Gasteiger partial charge is 0.465 e. The van der Waals surface area contributed by atoms with Gasteiger partial charge in [-0.3, -0.25) is 4.99 Å². The molecule has 1 saturated heterocycles. The second-order valence-electron chi connectivity index (χ2n) is 6.79. The van der Waals surface area contributed by atoms with Crippen molar-refractivity contribution in [2.24, 2.45) is 4.99 Å². The van der Waals surface area contributed by atoms with Gasteiger partial charge in [-0.15, -0.1) is 11.3 Å². The SMILES string of the molecule is CN=C(NCCc1ccc(C(=O)OC)cc1)NC1CCN(c2cccs2)CC1. The van der Waals surface area contributed by atoms with E-state index in [0.29, 0.717) is 11.6 Å². The first-order valence-corrected chi connectivity index (χ1v) is 10.5. The molecule has 7 heteroatoms. The van der Waals surface area contributed by atoms with Crippen LogP contribution < -0.4 is 15.5 Å². The highest BCUT2D eigenvalue weighted by atomic mass is 32.1. The van der Waals surface area contributed by atoms with Crippen LogP contribution in [0.4, 0.5) is 5.00 Å². The van der Waals surface area contributed by atoms with Gasteiger partial charge < -0.3 is 20.3 Å². The lowest BCUT2D eigenvalue weighted by Gasteiger charge is -2.33. The fourth-order valence-corrected chi connectivity index (χ4v) is 4.12. The van der Waals surface area contributed by atoms with Crippen molar-refractivity contribution in [1.82, 2.24) is 10.6 Å². The number of hydrogen-bond acceptors (Lipinski definition) is 5. The number of anilines is 1. The molecule has 150 valence electrons. The molecule has 3 rings (SSSR count). The average molecular weight is 401 g/mol. The van der Waals surface area contributed by atoms with Crippen LogP contribution in [0.3, 0.4) is 0 Å². The zero-order chi connectivity index (χ0) is 19.8. The third kappa shape index (κ3) is 5.48. The number of carbonyl (C=O) groups excluding carboxylic acids is 1. The minimum atomic E-state index is -0.306. The maximum Gasteiger partial charge on any atom is 0.337 e. The molecule has 2 aromatic rings.